The van der Waals surface area contributed by atoms with Crippen molar-refractivity contribution in [3.63, 3.8) is 0 Å². The molecule has 3 atom stereocenters. The van der Waals surface area contributed by atoms with Gasteiger partial charge >= 0.3 is 0 Å². The van der Waals surface area contributed by atoms with Crippen LogP contribution >= 0.6 is 0 Å². The predicted octanol–water partition coefficient (Wildman–Crippen LogP) is -0.0705. The second-order valence-corrected chi connectivity index (χ2v) is 8.22. The summed E-state index contributed by atoms with van der Waals surface area (Å²) in [5, 5.41) is 11.2. The number of rotatable bonds is 12. The number of carbonyl (C=O) groups excluding carboxylic acids is 4. The van der Waals surface area contributed by atoms with Crippen LogP contribution in [0.1, 0.15) is 28.7 Å². The van der Waals surface area contributed by atoms with Gasteiger partial charge in [-0.25, -0.2) is 0 Å². The first-order valence-electron chi connectivity index (χ1n) is 10.7. The normalized spacial score (nSPS) is 18.4. The number of ether oxygens (including phenoxy) is 2. The Labute approximate surface area is 196 Å². The second kappa shape index (κ2) is 11.0. The number of aromatic nitrogens is 1. The molecular weight excluding hydrogens is 444 g/mol. The summed E-state index contributed by atoms with van der Waals surface area (Å²) in [5.41, 5.74) is -0.0221. The Hall–Kier alpha value is -3.57. The number of hydrogen-bond donors (Lipinski definition) is 3. The number of Topliss-reactive ketones (excluding diaryl/α,β-unsaturated/α-hetero) is 1. The summed E-state index contributed by atoms with van der Waals surface area (Å²) in [7, 11) is 1.37. The van der Waals surface area contributed by atoms with Crippen LogP contribution in [0.3, 0.4) is 0 Å². The van der Waals surface area contributed by atoms with Crippen LogP contribution in [0.5, 0.6) is 0 Å². The van der Waals surface area contributed by atoms with Crippen LogP contribution in [-0.4, -0.2) is 73.2 Å². The van der Waals surface area contributed by atoms with Gasteiger partial charge in [-0.3, -0.25) is 19.2 Å². The van der Waals surface area contributed by atoms with E-state index in [1.807, 2.05) is 30.3 Å². The van der Waals surface area contributed by atoms with Crippen molar-refractivity contribution in [1.29, 1.82) is 0 Å². The number of carbonyl (C=O) groups is 4. The minimum Gasteiger partial charge on any atom is -0.382 e. The Kier molecular flexibility index (Phi) is 8.13. The van der Waals surface area contributed by atoms with E-state index in [0.717, 1.165) is 5.56 Å². The molecule has 1 aromatic carbocycles. The lowest BCUT2D eigenvalue weighted by molar-refractivity contribution is -0.131. The molecule has 1 aliphatic heterocycles. The first kappa shape index (κ1) is 25.1. The van der Waals surface area contributed by atoms with Crippen molar-refractivity contribution in [1.82, 2.24) is 21.1 Å². The smallest absolute Gasteiger partial charge is 0.274 e. The van der Waals surface area contributed by atoms with Crippen molar-refractivity contribution < 1.29 is 33.2 Å². The molecule has 2 heterocycles. The molecule has 0 aliphatic carbocycles. The highest BCUT2D eigenvalue weighted by atomic mass is 16.6. The Morgan fingerprint density at radius 3 is 2.44 bits per heavy atom. The van der Waals surface area contributed by atoms with Crippen LogP contribution in [0.25, 0.3) is 0 Å². The second-order valence-electron chi connectivity index (χ2n) is 8.22. The van der Waals surface area contributed by atoms with Gasteiger partial charge in [0, 0.05) is 13.2 Å². The minimum absolute atomic E-state index is 0.0159. The van der Waals surface area contributed by atoms with E-state index in [1.165, 1.54) is 13.2 Å². The SMILES string of the molecule is COC[C@H](NC(=O)c1cc(C)on1)C(=O)NCC(=O)N[C@@H](Cc1ccccc1)C(=O)C1(C)CO1. The van der Waals surface area contributed by atoms with Crippen molar-refractivity contribution in [2.24, 2.45) is 0 Å². The Morgan fingerprint density at radius 2 is 1.85 bits per heavy atom. The van der Waals surface area contributed by atoms with Crippen molar-refractivity contribution in [3.05, 3.63) is 53.4 Å². The van der Waals surface area contributed by atoms with E-state index < -0.39 is 42.0 Å². The lowest BCUT2D eigenvalue weighted by atomic mass is 9.95. The zero-order valence-electron chi connectivity index (χ0n) is 19.3. The van der Waals surface area contributed by atoms with E-state index in [4.69, 9.17) is 14.0 Å². The summed E-state index contributed by atoms with van der Waals surface area (Å²) in [6.07, 6.45) is 0.289. The van der Waals surface area contributed by atoms with Crippen LogP contribution < -0.4 is 16.0 Å². The number of hydrogen-bond acceptors (Lipinski definition) is 8. The highest BCUT2D eigenvalue weighted by Gasteiger charge is 2.50. The molecule has 1 aliphatic rings. The van der Waals surface area contributed by atoms with Crippen molar-refractivity contribution in [3.8, 4) is 0 Å². The van der Waals surface area contributed by atoms with E-state index in [0.29, 0.717) is 12.4 Å². The van der Waals surface area contributed by atoms with Gasteiger partial charge in [0.2, 0.25) is 11.8 Å². The summed E-state index contributed by atoms with van der Waals surface area (Å²) in [6.45, 7) is 3.09. The molecule has 1 aromatic heterocycles. The molecule has 1 saturated heterocycles. The Morgan fingerprint density at radius 1 is 1.15 bits per heavy atom. The van der Waals surface area contributed by atoms with E-state index in [2.05, 4.69) is 21.1 Å². The summed E-state index contributed by atoms with van der Waals surface area (Å²) in [6, 6.07) is 8.82. The number of epoxide rings is 1. The highest BCUT2D eigenvalue weighted by Crippen LogP contribution is 2.29. The maximum Gasteiger partial charge on any atom is 0.274 e. The van der Waals surface area contributed by atoms with Crippen molar-refractivity contribution >= 4 is 23.5 Å². The number of benzene rings is 1. The molecule has 182 valence electrons. The zero-order valence-corrected chi connectivity index (χ0v) is 19.3. The molecule has 1 unspecified atom stereocenters. The van der Waals surface area contributed by atoms with Gasteiger partial charge in [-0.1, -0.05) is 35.5 Å². The number of nitrogens with one attached hydrogen (secondary N) is 3. The lowest BCUT2D eigenvalue weighted by Crippen LogP contribution is -2.53. The molecule has 11 heteroatoms. The summed E-state index contributed by atoms with van der Waals surface area (Å²) >= 11 is 0. The molecule has 2 aromatic rings. The van der Waals surface area contributed by atoms with Crippen LogP contribution in [-0.2, 0) is 30.3 Å². The van der Waals surface area contributed by atoms with E-state index >= 15 is 0 Å². The molecule has 3 rings (SSSR count). The van der Waals surface area contributed by atoms with Gasteiger partial charge < -0.3 is 29.9 Å². The van der Waals surface area contributed by atoms with Gasteiger partial charge in [-0.15, -0.1) is 0 Å². The molecule has 0 spiro atoms. The molecule has 3 amide bonds. The average molecular weight is 472 g/mol. The minimum atomic E-state index is -1.07. The van der Waals surface area contributed by atoms with Gasteiger partial charge in [0.1, 0.15) is 17.4 Å². The van der Waals surface area contributed by atoms with Gasteiger partial charge in [-0.2, -0.15) is 0 Å². The fourth-order valence-electron chi connectivity index (χ4n) is 3.27. The maximum absolute atomic E-state index is 12.9. The third-order valence-corrected chi connectivity index (χ3v) is 5.27. The summed E-state index contributed by atoms with van der Waals surface area (Å²) in [5.74, 6) is -1.59. The first-order chi connectivity index (χ1) is 16.2. The van der Waals surface area contributed by atoms with Gasteiger partial charge in [0.05, 0.1) is 25.8 Å². The van der Waals surface area contributed by atoms with Crippen molar-refractivity contribution in [2.75, 3.05) is 26.9 Å². The van der Waals surface area contributed by atoms with Gasteiger partial charge in [0.25, 0.3) is 5.91 Å². The van der Waals surface area contributed by atoms with Crippen LogP contribution in [0, 0.1) is 6.92 Å². The molecule has 0 radical (unpaired) electrons. The van der Waals surface area contributed by atoms with Gasteiger partial charge in [-0.05, 0) is 25.8 Å². The number of ketones is 1. The van der Waals surface area contributed by atoms with Crippen LogP contribution in [0.15, 0.2) is 40.9 Å². The molecule has 34 heavy (non-hydrogen) atoms. The van der Waals surface area contributed by atoms with Crippen LogP contribution in [0.2, 0.25) is 0 Å². The number of amides is 3. The zero-order chi connectivity index (χ0) is 24.7. The maximum atomic E-state index is 12.9. The highest BCUT2D eigenvalue weighted by molar-refractivity contribution is 5.98. The third kappa shape index (κ3) is 6.72. The number of methoxy groups -OCH3 is 1. The summed E-state index contributed by atoms with van der Waals surface area (Å²) in [4.78, 5) is 50.3. The predicted molar refractivity (Wildman–Crippen MR) is 119 cm³/mol. The quantitative estimate of drug-likeness (QED) is 0.363. The fourth-order valence-corrected chi connectivity index (χ4v) is 3.27. The molecule has 0 bridgehead atoms. The average Bonchev–Trinajstić information content (AvgIpc) is 3.42. The molecule has 3 N–H and O–H groups in total. The fraction of sp³-hybridized carbons (Fsp3) is 0.435. The molecule has 0 saturated carbocycles. The molecule has 1 fully saturated rings. The first-order valence-corrected chi connectivity index (χ1v) is 10.7. The number of aryl methyl sites for hydroxylation is 1. The standard InChI is InChI=1S/C23H28N4O7/c1-14-9-17(27-34-14)22(31)26-18(12-32-3)21(30)24-11-19(28)25-16(20(29)23(2)13-33-23)10-15-7-5-4-6-8-15/h4-9,16,18H,10-13H2,1-3H3,(H,24,30)(H,25,28)(H,26,31)/t16-,18-,23?/m0/s1. The number of nitrogens with zero attached hydrogens (tertiary/aromatic N) is 1. The van der Waals surface area contributed by atoms with Crippen molar-refractivity contribution in [2.45, 2.75) is 38.0 Å². The topological polar surface area (TPSA) is 152 Å². The lowest BCUT2D eigenvalue weighted by Gasteiger charge is -2.21. The Bertz CT molecular complexity index is 1030. The molecule has 11 nitrogen and oxygen atoms in total. The molecular formula is C23H28N4O7. The monoisotopic (exact) mass is 472 g/mol. The summed E-state index contributed by atoms with van der Waals surface area (Å²) < 4.78 is 15.1. The van der Waals surface area contributed by atoms with E-state index in [9.17, 15) is 19.2 Å². The largest absolute Gasteiger partial charge is 0.382 e. The van der Waals surface area contributed by atoms with Gasteiger partial charge in [0.15, 0.2) is 11.5 Å². The third-order valence-electron chi connectivity index (χ3n) is 5.27. The van der Waals surface area contributed by atoms with E-state index in [-0.39, 0.29) is 24.5 Å². The van der Waals surface area contributed by atoms with Crippen LogP contribution in [0.4, 0.5) is 0 Å². The van der Waals surface area contributed by atoms with E-state index in [1.54, 1.807) is 13.8 Å². The Balaban J connectivity index is 1.57.